The molecule has 3 heterocycles. The van der Waals surface area contributed by atoms with Gasteiger partial charge in [0, 0.05) is 12.6 Å². The normalized spacial score (nSPS) is 44.2. The Labute approximate surface area is 94.0 Å². The summed E-state index contributed by atoms with van der Waals surface area (Å²) in [7, 11) is 0. The Morgan fingerprint density at radius 3 is 2.88 bits per heavy atom. The zero-order valence-corrected chi connectivity index (χ0v) is 8.87. The molecule has 0 aliphatic carbocycles. The van der Waals surface area contributed by atoms with Gasteiger partial charge in [0.25, 0.3) is 0 Å². The van der Waals surface area contributed by atoms with E-state index in [2.05, 4.69) is 17.0 Å². The van der Waals surface area contributed by atoms with E-state index in [4.69, 9.17) is 4.74 Å². The molecule has 0 N–H and O–H groups in total. The number of ether oxygens (including phenoxy) is 1. The van der Waals surface area contributed by atoms with E-state index in [-0.39, 0.29) is 18.1 Å². The molecule has 0 radical (unpaired) electrons. The molecular weight excluding hydrogens is 202 g/mol. The van der Waals surface area contributed by atoms with E-state index in [0.29, 0.717) is 18.4 Å². The largest absolute Gasteiger partial charge is 0.371 e. The molecule has 0 aromatic heterocycles. The molecule has 0 amide bonds. The molecular formula is C13H13NO2. The van der Waals surface area contributed by atoms with Crippen LogP contribution in [0.1, 0.15) is 11.7 Å². The first-order chi connectivity index (χ1) is 7.86. The van der Waals surface area contributed by atoms with Crippen LogP contribution in [0.4, 0.5) is 0 Å². The highest BCUT2D eigenvalue weighted by Gasteiger charge is 2.62. The van der Waals surface area contributed by atoms with E-state index in [1.54, 1.807) is 0 Å². The third kappa shape index (κ3) is 1.02. The molecule has 0 bridgehead atoms. The van der Waals surface area contributed by atoms with E-state index in [9.17, 15) is 4.79 Å². The summed E-state index contributed by atoms with van der Waals surface area (Å²) in [5.41, 5.74) is 1.14. The van der Waals surface area contributed by atoms with Gasteiger partial charge in [0.2, 0.25) is 0 Å². The Morgan fingerprint density at radius 1 is 1.25 bits per heavy atom. The van der Waals surface area contributed by atoms with Crippen molar-refractivity contribution in [2.45, 2.75) is 18.2 Å². The molecule has 5 atom stereocenters. The van der Waals surface area contributed by atoms with Crippen molar-refractivity contribution in [3.05, 3.63) is 35.9 Å². The molecule has 82 valence electrons. The Kier molecular flexibility index (Phi) is 1.63. The first kappa shape index (κ1) is 8.90. The van der Waals surface area contributed by atoms with Crippen LogP contribution in [-0.4, -0.2) is 35.9 Å². The van der Waals surface area contributed by atoms with Gasteiger partial charge in [-0.3, -0.25) is 9.69 Å². The summed E-state index contributed by atoms with van der Waals surface area (Å²) >= 11 is 0. The van der Waals surface area contributed by atoms with Crippen LogP contribution in [-0.2, 0) is 9.53 Å². The van der Waals surface area contributed by atoms with Crippen LogP contribution in [0, 0.1) is 5.92 Å². The molecule has 0 saturated carbocycles. The van der Waals surface area contributed by atoms with Gasteiger partial charge in [-0.25, -0.2) is 0 Å². The highest BCUT2D eigenvalue weighted by molar-refractivity contribution is 5.93. The van der Waals surface area contributed by atoms with Crippen molar-refractivity contribution in [3.63, 3.8) is 0 Å². The molecule has 0 spiro atoms. The zero-order chi connectivity index (χ0) is 10.7. The maximum absolute atomic E-state index is 12.1. The van der Waals surface area contributed by atoms with Gasteiger partial charge in [0.15, 0.2) is 5.78 Å². The van der Waals surface area contributed by atoms with Gasteiger partial charge in [0.05, 0.1) is 24.7 Å². The third-order valence-corrected chi connectivity index (χ3v) is 4.05. The predicted octanol–water partition coefficient (Wildman–Crippen LogP) is 1.01. The standard InChI is InChI=1S/C13H13NO2/c15-12-9-6-14(9)10-7-16-13(11(10)12)8-4-2-1-3-5-8/h1-5,9-11,13H,6-7H2/t9?,10?,11?,13-,14?/m0/s1. The Hall–Kier alpha value is -1.19. The van der Waals surface area contributed by atoms with Gasteiger partial charge >= 0.3 is 0 Å². The minimum Gasteiger partial charge on any atom is -0.371 e. The minimum absolute atomic E-state index is 0.00787. The summed E-state index contributed by atoms with van der Waals surface area (Å²) in [6.07, 6.45) is -0.00787. The zero-order valence-electron chi connectivity index (χ0n) is 8.87. The van der Waals surface area contributed by atoms with Gasteiger partial charge in [-0.15, -0.1) is 0 Å². The molecule has 16 heavy (non-hydrogen) atoms. The molecule has 3 fully saturated rings. The fourth-order valence-corrected chi connectivity index (χ4v) is 3.19. The quantitative estimate of drug-likeness (QED) is 0.655. The lowest BCUT2D eigenvalue weighted by atomic mass is 9.89. The number of nitrogens with zero attached hydrogens (tertiary/aromatic N) is 1. The lowest BCUT2D eigenvalue weighted by Crippen LogP contribution is -2.27. The number of Topliss-reactive ketones (excluding diaryl/α,β-unsaturated/α-hetero) is 1. The number of ketones is 1. The van der Waals surface area contributed by atoms with Gasteiger partial charge in [-0.05, 0) is 5.56 Å². The van der Waals surface area contributed by atoms with Crippen molar-refractivity contribution in [2.24, 2.45) is 5.92 Å². The summed E-state index contributed by atoms with van der Waals surface area (Å²) in [5.74, 6) is 0.484. The number of carbonyl (C=O) groups is 1. The molecule has 3 saturated heterocycles. The molecule has 1 aromatic carbocycles. The van der Waals surface area contributed by atoms with Crippen molar-refractivity contribution in [1.82, 2.24) is 4.90 Å². The van der Waals surface area contributed by atoms with Crippen LogP contribution in [0.15, 0.2) is 30.3 Å². The topological polar surface area (TPSA) is 29.3 Å². The average Bonchev–Trinajstić information content (AvgIpc) is 2.92. The number of rotatable bonds is 1. The minimum atomic E-state index is -0.00787. The fourth-order valence-electron chi connectivity index (χ4n) is 3.19. The van der Waals surface area contributed by atoms with Crippen LogP contribution >= 0.6 is 0 Å². The van der Waals surface area contributed by atoms with Crippen LogP contribution in [0.25, 0.3) is 0 Å². The van der Waals surface area contributed by atoms with E-state index >= 15 is 0 Å². The molecule has 3 aliphatic rings. The number of benzene rings is 1. The van der Waals surface area contributed by atoms with Gasteiger partial charge < -0.3 is 4.74 Å². The van der Waals surface area contributed by atoms with E-state index in [0.717, 1.165) is 12.1 Å². The first-order valence-corrected chi connectivity index (χ1v) is 5.82. The molecule has 1 aromatic rings. The van der Waals surface area contributed by atoms with Crippen molar-refractivity contribution < 1.29 is 9.53 Å². The average molecular weight is 215 g/mol. The summed E-state index contributed by atoms with van der Waals surface area (Å²) in [6.45, 7) is 1.68. The SMILES string of the molecule is O=C1C2C(CO[C@H]2c2ccccc2)N2CC12. The molecule has 3 heteroatoms. The summed E-state index contributed by atoms with van der Waals surface area (Å²) < 4.78 is 5.81. The second kappa shape index (κ2) is 2.93. The summed E-state index contributed by atoms with van der Waals surface area (Å²) in [6, 6.07) is 10.7. The Morgan fingerprint density at radius 2 is 2.06 bits per heavy atom. The predicted molar refractivity (Wildman–Crippen MR) is 57.9 cm³/mol. The lowest BCUT2D eigenvalue weighted by molar-refractivity contribution is -0.122. The van der Waals surface area contributed by atoms with Gasteiger partial charge in [-0.1, -0.05) is 30.3 Å². The lowest BCUT2D eigenvalue weighted by Gasteiger charge is -2.17. The van der Waals surface area contributed by atoms with E-state index in [1.165, 1.54) is 0 Å². The van der Waals surface area contributed by atoms with Crippen molar-refractivity contribution in [1.29, 1.82) is 0 Å². The fraction of sp³-hybridized carbons (Fsp3) is 0.462. The van der Waals surface area contributed by atoms with Gasteiger partial charge in [0.1, 0.15) is 0 Å². The number of hydrogen-bond donors (Lipinski definition) is 0. The van der Waals surface area contributed by atoms with E-state index in [1.807, 2.05) is 18.2 Å². The van der Waals surface area contributed by atoms with Crippen molar-refractivity contribution in [2.75, 3.05) is 13.2 Å². The molecule has 4 rings (SSSR count). The summed E-state index contributed by atoms with van der Waals surface area (Å²) in [4.78, 5) is 14.4. The van der Waals surface area contributed by atoms with Gasteiger partial charge in [-0.2, -0.15) is 0 Å². The van der Waals surface area contributed by atoms with Crippen LogP contribution < -0.4 is 0 Å². The third-order valence-electron chi connectivity index (χ3n) is 4.05. The number of hydrogen-bond acceptors (Lipinski definition) is 3. The van der Waals surface area contributed by atoms with Crippen molar-refractivity contribution >= 4 is 5.78 Å². The van der Waals surface area contributed by atoms with Crippen molar-refractivity contribution in [3.8, 4) is 0 Å². The smallest absolute Gasteiger partial charge is 0.158 e. The molecule has 3 nitrogen and oxygen atoms in total. The highest BCUT2D eigenvalue weighted by Crippen LogP contribution is 2.48. The van der Waals surface area contributed by atoms with Crippen LogP contribution in [0.5, 0.6) is 0 Å². The molecule has 4 unspecified atom stereocenters. The maximum Gasteiger partial charge on any atom is 0.158 e. The second-order valence-electron chi connectivity index (χ2n) is 4.87. The first-order valence-electron chi connectivity index (χ1n) is 5.82. The highest BCUT2D eigenvalue weighted by atomic mass is 16.5. The number of fused-ring (bicyclic) bond motifs is 3. The Balaban J connectivity index is 1.70. The molecule has 3 aliphatic heterocycles. The second-order valence-corrected chi connectivity index (χ2v) is 4.87. The number of carbonyl (C=O) groups excluding carboxylic acids is 1. The van der Waals surface area contributed by atoms with E-state index < -0.39 is 0 Å². The summed E-state index contributed by atoms with van der Waals surface area (Å²) in [5, 5.41) is 0. The maximum atomic E-state index is 12.1. The van der Waals surface area contributed by atoms with Crippen LogP contribution in [0.2, 0.25) is 0 Å². The monoisotopic (exact) mass is 215 g/mol. The number of piperidine rings is 1. The van der Waals surface area contributed by atoms with Crippen LogP contribution in [0.3, 0.4) is 0 Å². The Bertz CT molecular complexity index is 445.